The number of thiophene rings is 1. The van der Waals surface area contributed by atoms with Gasteiger partial charge in [0.15, 0.2) is 0 Å². The summed E-state index contributed by atoms with van der Waals surface area (Å²) in [6.45, 7) is 1.75. The zero-order valence-electron chi connectivity index (χ0n) is 10.7. The Hall–Kier alpha value is -1.82. The smallest absolute Gasteiger partial charge is 0.416 e. The summed E-state index contributed by atoms with van der Waals surface area (Å²) in [6.07, 6.45) is -4.35. The van der Waals surface area contributed by atoms with Gasteiger partial charge < -0.3 is 4.74 Å². The lowest BCUT2D eigenvalue weighted by atomic mass is 10.0. The van der Waals surface area contributed by atoms with E-state index in [0.29, 0.717) is 16.0 Å². The first kappa shape index (κ1) is 14.6. The first-order valence-electron chi connectivity index (χ1n) is 5.68. The van der Waals surface area contributed by atoms with Crippen molar-refractivity contribution >= 4 is 17.3 Å². The average molecular weight is 300 g/mol. The number of ether oxygens (including phenoxy) is 1. The molecule has 1 heterocycles. The van der Waals surface area contributed by atoms with Crippen LogP contribution >= 0.6 is 11.3 Å². The van der Waals surface area contributed by atoms with Crippen LogP contribution in [-0.2, 0) is 10.9 Å². The predicted molar refractivity (Wildman–Crippen MR) is 70.8 cm³/mol. The molecular weight excluding hydrogens is 289 g/mol. The summed E-state index contributed by atoms with van der Waals surface area (Å²) >= 11 is 1.22. The van der Waals surface area contributed by atoms with Crippen molar-refractivity contribution in [3.63, 3.8) is 0 Å². The number of esters is 1. The molecule has 0 amide bonds. The third-order valence-corrected chi connectivity index (χ3v) is 4.00. The first-order chi connectivity index (χ1) is 9.34. The Balaban J connectivity index is 2.38. The van der Waals surface area contributed by atoms with Gasteiger partial charge in [0.05, 0.1) is 12.7 Å². The summed E-state index contributed by atoms with van der Waals surface area (Å²) in [5.74, 6) is -0.439. The summed E-state index contributed by atoms with van der Waals surface area (Å²) in [4.78, 5) is 12.0. The van der Waals surface area contributed by atoms with Gasteiger partial charge in [-0.1, -0.05) is 12.1 Å². The molecule has 0 unspecified atom stereocenters. The molecule has 0 radical (unpaired) electrons. The summed E-state index contributed by atoms with van der Waals surface area (Å²) in [6, 6.07) is 4.87. The van der Waals surface area contributed by atoms with Gasteiger partial charge in [-0.25, -0.2) is 4.79 Å². The van der Waals surface area contributed by atoms with E-state index in [4.69, 9.17) is 0 Å². The third-order valence-electron chi connectivity index (χ3n) is 2.93. The molecule has 0 aliphatic rings. The molecule has 2 aromatic rings. The quantitative estimate of drug-likeness (QED) is 0.762. The van der Waals surface area contributed by atoms with Crippen LogP contribution in [0.25, 0.3) is 11.1 Å². The third kappa shape index (κ3) is 2.70. The van der Waals surface area contributed by atoms with Crippen molar-refractivity contribution in [1.29, 1.82) is 0 Å². The molecular formula is C14H11F3O2S. The second-order valence-electron chi connectivity index (χ2n) is 4.17. The standard InChI is InChI=1S/C14H11F3O2S/c1-8-11(7-20-12(8)13(18)19-2)9-3-5-10(6-4-9)14(15,16)17/h3-7H,1-2H3. The minimum Gasteiger partial charge on any atom is -0.465 e. The maximum atomic E-state index is 12.5. The molecule has 0 N–H and O–H groups in total. The van der Waals surface area contributed by atoms with Crippen LogP contribution in [0.1, 0.15) is 20.8 Å². The topological polar surface area (TPSA) is 26.3 Å². The highest BCUT2D eigenvalue weighted by atomic mass is 32.1. The Bertz CT molecular complexity index is 627. The monoisotopic (exact) mass is 300 g/mol. The Morgan fingerprint density at radius 3 is 2.30 bits per heavy atom. The number of carbonyl (C=O) groups excluding carboxylic acids is 1. The van der Waals surface area contributed by atoms with Crippen LogP contribution in [0, 0.1) is 6.92 Å². The first-order valence-corrected chi connectivity index (χ1v) is 6.56. The van der Waals surface area contributed by atoms with Gasteiger partial charge in [-0.05, 0) is 41.1 Å². The molecule has 106 valence electrons. The van der Waals surface area contributed by atoms with Crippen LogP contribution in [0.15, 0.2) is 29.6 Å². The maximum absolute atomic E-state index is 12.5. The molecule has 20 heavy (non-hydrogen) atoms. The average Bonchev–Trinajstić information content (AvgIpc) is 2.79. The van der Waals surface area contributed by atoms with Crippen LogP contribution in [0.5, 0.6) is 0 Å². The van der Waals surface area contributed by atoms with Crippen molar-refractivity contribution in [3.8, 4) is 11.1 Å². The minimum absolute atomic E-state index is 0.439. The van der Waals surface area contributed by atoms with Crippen molar-refractivity contribution in [2.75, 3.05) is 7.11 Å². The molecule has 0 aliphatic carbocycles. The largest absolute Gasteiger partial charge is 0.465 e. The number of methoxy groups -OCH3 is 1. The zero-order valence-corrected chi connectivity index (χ0v) is 11.6. The summed E-state index contributed by atoms with van der Waals surface area (Å²) < 4.78 is 42.1. The molecule has 0 fully saturated rings. The molecule has 0 atom stereocenters. The minimum atomic E-state index is -4.35. The van der Waals surface area contributed by atoms with Crippen LogP contribution in [0.4, 0.5) is 13.2 Å². The molecule has 6 heteroatoms. The van der Waals surface area contributed by atoms with Gasteiger partial charge in [0.2, 0.25) is 0 Å². The highest BCUT2D eigenvalue weighted by Gasteiger charge is 2.30. The molecule has 1 aromatic carbocycles. The number of halogens is 3. The molecule has 0 saturated carbocycles. The van der Waals surface area contributed by atoms with Gasteiger partial charge in [0, 0.05) is 0 Å². The Kier molecular flexibility index (Phi) is 3.85. The Morgan fingerprint density at radius 2 is 1.80 bits per heavy atom. The molecule has 0 aliphatic heterocycles. The van der Waals surface area contributed by atoms with Crippen LogP contribution in [-0.4, -0.2) is 13.1 Å². The summed E-state index contributed by atoms with van der Waals surface area (Å²) in [5, 5.41) is 1.74. The van der Waals surface area contributed by atoms with Gasteiger partial charge in [0.1, 0.15) is 4.88 Å². The van der Waals surface area contributed by atoms with Gasteiger partial charge in [0.25, 0.3) is 0 Å². The summed E-state index contributed by atoms with van der Waals surface area (Å²) in [5.41, 5.74) is 1.40. The van der Waals surface area contributed by atoms with Crippen molar-refractivity contribution < 1.29 is 22.7 Å². The number of hydrogen-bond donors (Lipinski definition) is 0. The number of benzene rings is 1. The fraction of sp³-hybridized carbons (Fsp3) is 0.214. The van der Waals surface area contributed by atoms with E-state index < -0.39 is 17.7 Å². The van der Waals surface area contributed by atoms with Crippen LogP contribution in [0.2, 0.25) is 0 Å². The second kappa shape index (κ2) is 5.28. The Labute approximate surface area is 117 Å². The van der Waals surface area contributed by atoms with E-state index in [1.165, 1.54) is 30.6 Å². The molecule has 0 saturated heterocycles. The molecule has 0 bridgehead atoms. The van der Waals surface area contributed by atoms with E-state index in [1.807, 2.05) is 0 Å². The van der Waals surface area contributed by atoms with Crippen molar-refractivity contribution in [3.05, 3.63) is 45.6 Å². The van der Waals surface area contributed by atoms with Gasteiger partial charge in [-0.3, -0.25) is 0 Å². The van der Waals surface area contributed by atoms with Crippen molar-refractivity contribution in [2.24, 2.45) is 0 Å². The molecule has 1 aromatic heterocycles. The van der Waals surface area contributed by atoms with E-state index in [-0.39, 0.29) is 0 Å². The normalized spacial score (nSPS) is 11.4. The fourth-order valence-electron chi connectivity index (χ4n) is 1.83. The van der Waals surface area contributed by atoms with Gasteiger partial charge in [-0.2, -0.15) is 13.2 Å². The number of hydrogen-bond acceptors (Lipinski definition) is 3. The van der Waals surface area contributed by atoms with E-state index in [2.05, 4.69) is 4.74 Å². The second-order valence-corrected chi connectivity index (χ2v) is 5.05. The fourth-order valence-corrected chi connectivity index (χ4v) is 2.85. The lowest BCUT2D eigenvalue weighted by molar-refractivity contribution is -0.137. The van der Waals surface area contributed by atoms with Gasteiger partial charge in [-0.15, -0.1) is 11.3 Å². The van der Waals surface area contributed by atoms with Gasteiger partial charge >= 0.3 is 12.1 Å². The van der Waals surface area contributed by atoms with E-state index in [1.54, 1.807) is 12.3 Å². The van der Waals surface area contributed by atoms with E-state index in [9.17, 15) is 18.0 Å². The van der Waals surface area contributed by atoms with E-state index >= 15 is 0 Å². The number of carbonyl (C=O) groups is 1. The molecule has 0 spiro atoms. The maximum Gasteiger partial charge on any atom is 0.416 e. The lowest BCUT2D eigenvalue weighted by Gasteiger charge is -2.07. The highest BCUT2D eigenvalue weighted by molar-refractivity contribution is 7.12. The van der Waals surface area contributed by atoms with Crippen LogP contribution < -0.4 is 0 Å². The van der Waals surface area contributed by atoms with Crippen molar-refractivity contribution in [2.45, 2.75) is 13.1 Å². The predicted octanol–water partition coefficient (Wildman–Crippen LogP) is 4.53. The van der Waals surface area contributed by atoms with Crippen LogP contribution in [0.3, 0.4) is 0 Å². The van der Waals surface area contributed by atoms with E-state index in [0.717, 1.165) is 17.7 Å². The summed E-state index contributed by atoms with van der Waals surface area (Å²) in [7, 11) is 1.29. The molecule has 2 rings (SSSR count). The SMILES string of the molecule is COC(=O)c1scc(-c2ccc(C(F)(F)F)cc2)c1C. The number of alkyl halides is 3. The molecule has 2 nitrogen and oxygen atoms in total. The highest BCUT2D eigenvalue weighted by Crippen LogP contribution is 2.34. The Morgan fingerprint density at radius 1 is 1.20 bits per heavy atom. The van der Waals surface area contributed by atoms with Crippen molar-refractivity contribution in [1.82, 2.24) is 0 Å². The zero-order chi connectivity index (χ0) is 14.9. The number of rotatable bonds is 2. The lowest BCUT2D eigenvalue weighted by Crippen LogP contribution is -2.04.